The molecule has 0 aromatic heterocycles. The Balaban J connectivity index is -0.000000120. The molecule has 0 saturated heterocycles. The van der Waals surface area contributed by atoms with Crippen molar-refractivity contribution < 1.29 is 9.59 Å². The van der Waals surface area contributed by atoms with E-state index in [1.165, 1.54) is 0 Å². The van der Waals surface area contributed by atoms with Gasteiger partial charge in [0, 0.05) is 0 Å². The van der Waals surface area contributed by atoms with Crippen LogP contribution < -0.4 is 11.5 Å². The Bertz CT molecular complexity index is 196. The Morgan fingerprint density at radius 2 is 1.08 bits per heavy atom. The van der Waals surface area contributed by atoms with Crippen LogP contribution in [0.5, 0.6) is 0 Å². The molecule has 4 nitrogen and oxygen atoms in total. The van der Waals surface area contributed by atoms with E-state index in [2.05, 4.69) is 43.5 Å². The summed E-state index contributed by atoms with van der Waals surface area (Å²) in [7, 11) is 0. The normalized spacial score (nSPS) is 5.54. The van der Waals surface area contributed by atoms with Crippen LogP contribution in [0.1, 0.15) is 0 Å². The fourth-order valence-corrected chi connectivity index (χ4v) is 0. The molecule has 0 bridgehead atoms. The van der Waals surface area contributed by atoms with Gasteiger partial charge in [-0.15, -0.1) is 5.73 Å². The maximum Gasteiger partial charge on any atom is 0.240 e. The van der Waals surface area contributed by atoms with E-state index >= 15 is 0 Å². The molecule has 2 amide bonds. The summed E-state index contributed by atoms with van der Waals surface area (Å²) < 4.78 is 0. The van der Waals surface area contributed by atoms with Crippen LogP contribution in [0, 0.1) is 0 Å². The second-order valence-corrected chi connectivity index (χ2v) is 1.46. The first-order valence-corrected chi connectivity index (χ1v) is 3.09. The van der Waals surface area contributed by atoms with Crippen molar-refractivity contribution in [1.82, 2.24) is 0 Å². The fraction of sp³-hybridized carbons (Fsp3) is 0. The smallest absolute Gasteiger partial charge is 0.240 e. The second kappa shape index (κ2) is 16.5. The van der Waals surface area contributed by atoms with E-state index in [0.717, 1.165) is 12.2 Å². The molecule has 0 unspecified atom stereocenters. The van der Waals surface area contributed by atoms with Crippen molar-refractivity contribution in [3.63, 3.8) is 0 Å². The van der Waals surface area contributed by atoms with Crippen molar-refractivity contribution in [1.29, 1.82) is 0 Å². The molecule has 4 N–H and O–H groups in total. The zero-order chi connectivity index (χ0) is 11.3. The number of carbonyl (C=O) groups excluding carboxylic acids is 2. The van der Waals surface area contributed by atoms with E-state index < -0.39 is 11.8 Å². The van der Waals surface area contributed by atoms with Crippen molar-refractivity contribution in [3.05, 3.63) is 44.2 Å². The topological polar surface area (TPSA) is 86.2 Å². The van der Waals surface area contributed by atoms with Crippen LogP contribution in [0.15, 0.2) is 44.2 Å². The zero-order valence-corrected chi connectivity index (χ0v) is 7.45. The molecule has 72 valence electrons. The predicted octanol–water partition coefficient (Wildman–Crippen LogP) is 0.273. The highest BCUT2D eigenvalue weighted by Gasteiger charge is 1.69. The summed E-state index contributed by atoms with van der Waals surface area (Å²) in [6, 6.07) is 0. The predicted molar refractivity (Wildman–Crippen MR) is 53.5 cm³/mol. The van der Waals surface area contributed by atoms with Crippen LogP contribution >= 0.6 is 0 Å². The summed E-state index contributed by atoms with van der Waals surface area (Å²) in [4.78, 5) is 18.9. The summed E-state index contributed by atoms with van der Waals surface area (Å²) in [6.07, 6.45) is 2.11. The highest BCUT2D eigenvalue weighted by molar-refractivity contribution is 5.85. The Morgan fingerprint density at radius 3 is 1.08 bits per heavy atom. The summed E-state index contributed by atoms with van der Waals surface area (Å²) in [6.45, 7) is 12.4. The highest BCUT2D eigenvalue weighted by Crippen LogP contribution is 1.49. The van der Waals surface area contributed by atoms with Crippen LogP contribution in [0.25, 0.3) is 0 Å². The molecule has 0 aliphatic rings. The zero-order valence-electron chi connectivity index (χ0n) is 7.45. The van der Waals surface area contributed by atoms with Gasteiger partial charge >= 0.3 is 0 Å². The van der Waals surface area contributed by atoms with Crippen LogP contribution in [-0.2, 0) is 9.59 Å². The Morgan fingerprint density at radius 1 is 1.00 bits per heavy atom. The van der Waals surface area contributed by atoms with Gasteiger partial charge in [0.25, 0.3) is 0 Å². The van der Waals surface area contributed by atoms with E-state index in [-0.39, 0.29) is 0 Å². The molecule has 0 aliphatic carbocycles. The molecular weight excluding hydrogens is 168 g/mol. The van der Waals surface area contributed by atoms with Crippen LogP contribution in [0.2, 0.25) is 0 Å². The molecular formula is C9H14N2O2. The Kier molecular flexibility index (Phi) is 21.8. The lowest BCUT2D eigenvalue weighted by Crippen LogP contribution is -2.04. The molecule has 4 heteroatoms. The van der Waals surface area contributed by atoms with Gasteiger partial charge in [-0.1, -0.05) is 26.3 Å². The maximum atomic E-state index is 9.47. The van der Waals surface area contributed by atoms with Gasteiger partial charge in [0.2, 0.25) is 11.8 Å². The standard InChI is InChI=1S/2C3H5NO.C3H4/c2*1-2-3(4)5;1-3-2/h2*2H,1H2,(H2,4,5);1-2H2. The van der Waals surface area contributed by atoms with Gasteiger partial charge in [-0.05, 0) is 12.2 Å². The lowest BCUT2D eigenvalue weighted by atomic mass is 10.6. The average Bonchev–Trinajstić information content (AvgIpc) is 2.07. The molecule has 0 heterocycles. The van der Waals surface area contributed by atoms with E-state index in [1.54, 1.807) is 0 Å². The van der Waals surface area contributed by atoms with Gasteiger partial charge in [-0.2, -0.15) is 0 Å². The lowest BCUT2D eigenvalue weighted by molar-refractivity contribution is -0.114. The number of amides is 2. The lowest BCUT2D eigenvalue weighted by Gasteiger charge is -1.65. The van der Waals surface area contributed by atoms with Gasteiger partial charge in [0.1, 0.15) is 0 Å². The molecule has 0 aromatic carbocycles. The molecule has 0 aromatic rings. The summed E-state index contributed by atoms with van der Waals surface area (Å²) in [5, 5.41) is 0. The third-order valence-electron chi connectivity index (χ3n) is 0.402. The van der Waals surface area contributed by atoms with Crippen molar-refractivity contribution in [2.24, 2.45) is 11.5 Å². The van der Waals surface area contributed by atoms with Gasteiger partial charge in [0.15, 0.2) is 0 Å². The van der Waals surface area contributed by atoms with E-state index in [4.69, 9.17) is 0 Å². The number of carbonyl (C=O) groups is 2. The molecule has 0 rings (SSSR count). The van der Waals surface area contributed by atoms with E-state index in [9.17, 15) is 9.59 Å². The van der Waals surface area contributed by atoms with Gasteiger partial charge in [-0.25, -0.2) is 0 Å². The molecule has 0 radical (unpaired) electrons. The second-order valence-electron chi connectivity index (χ2n) is 1.46. The average molecular weight is 182 g/mol. The van der Waals surface area contributed by atoms with Gasteiger partial charge in [-0.3, -0.25) is 9.59 Å². The molecule has 0 spiro atoms. The van der Waals surface area contributed by atoms with E-state index in [0.29, 0.717) is 0 Å². The monoisotopic (exact) mass is 182 g/mol. The molecule has 13 heavy (non-hydrogen) atoms. The SMILES string of the molecule is C=C=C.C=CC(N)=O.C=CC(N)=O. The van der Waals surface area contributed by atoms with Crippen LogP contribution in [0.3, 0.4) is 0 Å². The molecule has 0 aliphatic heterocycles. The first-order valence-electron chi connectivity index (χ1n) is 3.09. The summed E-state index contributed by atoms with van der Waals surface area (Å²) in [5.41, 5.74) is 11.3. The highest BCUT2D eigenvalue weighted by atomic mass is 16.1. The Labute approximate surface area is 77.9 Å². The largest absolute Gasteiger partial charge is 0.366 e. The van der Waals surface area contributed by atoms with Crippen LogP contribution in [0.4, 0.5) is 0 Å². The Hall–Kier alpha value is -2.06. The van der Waals surface area contributed by atoms with Crippen molar-refractivity contribution in [3.8, 4) is 0 Å². The summed E-state index contributed by atoms with van der Waals surface area (Å²) >= 11 is 0. The first-order chi connectivity index (χ1) is 5.95. The van der Waals surface area contributed by atoms with Crippen LogP contribution in [-0.4, -0.2) is 11.8 Å². The number of nitrogens with two attached hydrogens (primary N) is 2. The quantitative estimate of drug-likeness (QED) is 0.474. The molecule has 0 atom stereocenters. The van der Waals surface area contributed by atoms with Gasteiger partial charge in [0.05, 0.1) is 0 Å². The number of hydrogen-bond acceptors (Lipinski definition) is 2. The fourth-order valence-electron chi connectivity index (χ4n) is 0. The molecule has 0 saturated carbocycles. The third-order valence-corrected chi connectivity index (χ3v) is 0.402. The minimum Gasteiger partial charge on any atom is -0.366 e. The summed E-state index contributed by atoms with van der Waals surface area (Å²) in [5.74, 6) is -0.963. The third kappa shape index (κ3) is 167. The number of rotatable bonds is 2. The van der Waals surface area contributed by atoms with E-state index in [1.807, 2.05) is 0 Å². The minimum atomic E-state index is -0.481. The molecule has 0 fully saturated rings. The van der Waals surface area contributed by atoms with Crippen molar-refractivity contribution >= 4 is 11.8 Å². The number of primary amides is 2. The van der Waals surface area contributed by atoms with Crippen molar-refractivity contribution in [2.45, 2.75) is 0 Å². The first kappa shape index (κ1) is 17.1. The van der Waals surface area contributed by atoms with Gasteiger partial charge < -0.3 is 11.5 Å². The number of hydrogen-bond donors (Lipinski definition) is 2. The van der Waals surface area contributed by atoms with Crippen molar-refractivity contribution in [2.75, 3.05) is 0 Å². The maximum absolute atomic E-state index is 9.47. The minimum absolute atomic E-state index is 0.481.